The summed E-state index contributed by atoms with van der Waals surface area (Å²) < 4.78 is 50.0. The van der Waals surface area contributed by atoms with Gasteiger partial charge < -0.3 is 5.32 Å². The lowest BCUT2D eigenvalue weighted by Gasteiger charge is -2.30. The number of benzene rings is 1. The van der Waals surface area contributed by atoms with Crippen LogP contribution in [0.4, 0.5) is 0 Å². The molecule has 0 saturated carbocycles. The van der Waals surface area contributed by atoms with Crippen molar-refractivity contribution < 1.29 is 21.6 Å². The van der Waals surface area contributed by atoms with E-state index in [1.54, 1.807) is 29.6 Å². The number of nitrogens with one attached hydrogen (secondary N) is 1. The zero-order chi connectivity index (χ0) is 21.2. The summed E-state index contributed by atoms with van der Waals surface area (Å²) in [6.45, 7) is 2.47. The molecule has 2 heterocycles. The summed E-state index contributed by atoms with van der Waals surface area (Å²) in [5, 5.41) is 4.68. The van der Waals surface area contributed by atoms with E-state index < -0.39 is 19.9 Å². The molecule has 2 aromatic rings. The molecule has 1 aromatic heterocycles. The first kappa shape index (κ1) is 21.9. The second-order valence-corrected chi connectivity index (χ2v) is 12.3. The van der Waals surface area contributed by atoms with Gasteiger partial charge in [-0.25, -0.2) is 16.8 Å². The smallest absolute Gasteiger partial charge is 0.252 e. The minimum Gasteiger partial charge on any atom is -0.349 e. The van der Waals surface area contributed by atoms with Gasteiger partial charge in [0.15, 0.2) is 9.84 Å². The lowest BCUT2D eigenvalue weighted by Crippen LogP contribution is -2.43. The molecule has 1 N–H and O–H groups in total. The number of sulfone groups is 1. The molecular weight excluding hydrogens is 432 g/mol. The van der Waals surface area contributed by atoms with Crippen molar-refractivity contribution in [3.05, 3.63) is 47.3 Å². The third-order valence-corrected chi connectivity index (χ3v) is 9.48. The fraction of sp³-hybridized carbons (Fsp3) is 0.421. The highest BCUT2D eigenvalue weighted by Crippen LogP contribution is 2.27. The van der Waals surface area contributed by atoms with Gasteiger partial charge in [0.2, 0.25) is 5.91 Å². The van der Waals surface area contributed by atoms with E-state index in [9.17, 15) is 21.6 Å². The third kappa shape index (κ3) is 5.06. The van der Waals surface area contributed by atoms with E-state index in [1.807, 2.05) is 6.92 Å². The van der Waals surface area contributed by atoms with E-state index in [0.717, 1.165) is 11.8 Å². The highest BCUT2D eigenvalue weighted by Gasteiger charge is 2.32. The Morgan fingerprint density at radius 2 is 1.72 bits per heavy atom. The highest BCUT2D eigenvalue weighted by atomic mass is 32.2. The minimum absolute atomic E-state index is 0.113. The Kier molecular flexibility index (Phi) is 6.47. The predicted molar refractivity (Wildman–Crippen MR) is 112 cm³/mol. The Labute approximate surface area is 175 Å². The Morgan fingerprint density at radius 1 is 1.10 bits per heavy atom. The van der Waals surface area contributed by atoms with Crippen LogP contribution in [-0.2, 0) is 24.7 Å². The Hall–Kier alpha value is -1.75. The van der Waals surface area contributed by atoms with Crippen LogP contribution in [0.15, 0.2) is 50.9 Å². The topological polar surface area (TPSA) is 101 Å². The lowest BCUT2D eigenvalue weighted by atomic mass is 9.96. The van der Waals surface area contributed by atoms with Crippen molar-refractivity contribution >= 4 is 37.1 Å². The van der Waals surface area contributed by atoms with E-state index >= 15 is 0 Å². The standard InChI is InChI=1S/C19H24N2O5S3/c1-14(15-5-7-17(8-6-15)28(2,23)24)20-19(22)16-9-11-21(12-10-16)29(25,26)18-4-3-13-27-18/h3-8,13-14,16H,9-12H2,1-2H3,(H,20,22)/t14-/m1/s1. The fourth-order valence-electron chi connectivity index (χ4n) is 3.31. The summed E-state index contributed by atoms with van der Waals surface area (Å²) in [4.78, 5) is 12.9. The average molecular weight is 457 g/mol. The number of rotatable bonds is 6. The van der Waals surface area contributed by atoms with Crippen LogP contribution in [0.3, 0.4) is 0 Å². The maximum atomic E-state index is 12.6. The summed E-state index contributed by atoms with van der Waals surface area (Å²) in [5.41, 5.74) is 0.809. The van der Waals surface area contributed by atoms with Gasteiger partial charge in [0.25, 0.3) is 10.0 Å². The molecule has 3 rings (SSSR count). The Bertz CT molecular complexity index is 1050. The van der Waals surface area contributed by atoms with Crippen molar-refractivity contribution in [2.75, 3.05) is 19.3 Å². The van der Waals surface area contributed by atoms with Crippen LogP contribution < -0.4 is 5.32 Å². The van der Waals surface area contributed by atoms with Gasteiger partial charge in [0.1, 0.15) is 4.21 Å². The van der Waals surface area contributed by atoms with Crippen LogP contribution in [0.5, 0.6) is 0 Å². The van der Waals surface area contributed by atoms with Gasteiger partial charge in [0.05, 0.1) is 10.9 Å². The van der Waals surface area contributed by atoms with Crippen LogP contribution in [0.1, 0.15) is 31.4 Å². The molecule has 0 aliphatic carbocycles. The fourth-order valence-corrected chi connectivity index (χ4v) is 6.56. The molecule has 0 spiro atoms. The van der Waals surface area contributed by atoms with Crippen molar-refractivity contribution in [2.24, 2.45) is 5.92 Å². The molecule has 1 aromatic carbocycles. The van der Waals surface area contributed by atoms with Gasteiger partial charge in [-0.05, 0) is 48.9 Å². The number of hydrogen-bond acceptors (Lipinski definition) is 6. The molecule has 1 atom stereocenters. The summed E-state index contributed by atoms with van der Waals surface area (Å²) in [6.07, 6.45) is 2.09. The number of sulfonamides is 1. The summed E-state index contributed by atoms with van der Waals surface area (Å²) in [7, 11) is -6.74. The summed E-state index contributed by atoms with van der Waals surface area (Å²) in [6, 6.07) is 9.47. The molecule has 0 bridgehead atoms. The second-order valence-electron chi connectivity index (χ2n) is 7.18. The predicted octanol–water partition coefficient (Wildman–Crippen LogP) is 2.43. The monoisotopic (exact) mass is 456 g/mol. The molecule has 0 radical (unpaired) electrons. The lowest BCUT2D eigenvalue weighted by molar-refractivity contribution is -0.126. The Morgan fingerprint density at radius 3 is 2.24 bits per heavy atom. The van der Waals surface area contributed by atoms with Crippen molar-refractivity contribution in [3.63, 3.8) is 0 Å². The second kappa shape index (κ2) is 8.55. The van der Waals surface area contributed by atoms with Crippen LogP contribution >= 0.6 is 11.3 Å². The number of nitrogens with zero attached hydrogens (tertiary/aromatic N) is 1. The molecule has 10 heteroatoms. The first-order valence-electron chi connectivity index (χ1n) is 9.23. The molecular formula is C19H24N2O5S3. The summed E-state index contributed by atoms with van der Waals surface area (Å²) in [5.74, 6) is -0.361. The largest absolute Gasteiger partial charge is 0.349 e. The molecule has 1 aliphatic rings. The zero-order valence-corrected chi connectivity index (χ0v) is 18.7. The molecule has 158 valence electrons. The maximum absolute atomic E-state index is 12.6. The van der Waals surface area contributed by atoms with Gasteiger partial charge in [0, 0.05) is 25.3 Å². The molecule has 1 fully saturated rings. The van der Waals surface area contributed by atoms with E-state index in [-0.39, 0.29) is 22.8 Å². The SMILES string of the molecule is C[C@@H](NC(=O)C1CCN(S(=O)(=O)c2cccs2)CC1)c1ccc(S(C)(=O)=O)cc1. The number of thiophene rings is 1. The van der Waals surface area contributed by atoms with E-state index in [0.29, 0.717) is 30.1 Å². The van der Waals surface area contributed by atoms with Crippen LogP contribution in [0, 0.1) is 5.92 Å². The molecule has 7 nitrogen and oxygen atoms in total. The van der Waals surface area contributed by atoms with Crippen molar-refractivity contribution in [3.8, 4) is 0 Å². The van der Waals surface area contributed by atoms with Crippen molar-refractivity contribution in [1.82, 2.24) is 9.62 Å². The quantitative estimate of drug-likeness (QED) is 0.720. The van der Waals surface area contributed by atoms with Gasteiger partial charge in [-0.15, -0.1) is 11.3 Å². The highest BCUT2D eigenvalue weighted by molar-refractivity contribution is 7.91. The Balaban J connectivity index is 1.57. The molecule has 1 saturated heterocycles. The first-order valence-corrected chi connectivity index (χ1v) is 13.4. The normalized spacial score (nSPS) is 17.7. The number of hydrogen-bond donors (Lipinski definition) is 1. The van der Waals surface area contributed by atoms with E-state index in [2.05, 4.69) is 5.32 Å². The van der Waals surface area contributed by atoms with Gasteiger partial charge in [-0.2, -0.15) is 4.31 Å². The van der Waals surface area contributed by atoms with Crippen LogP contribution in [0.2, 0.25) is 0 Å². The number of carbonyl (C=O) groups is 1. The van der Waals surface area contributed by atoms with Gasteiger partial charge >= 0.3 is 0 Å². The van der Waals surface area contributed by atoms with E-state index in [4.69, 9.17) is 0 Å². The van der Waals surface area contributed by atoms with Crippen LogP contribution in [-0.4, -0.2) is 46.4 Å². The van der Waals surface area contributed by atoms with E-state index in [1.165, 1.54) is 27.8 Å². The van der Waals surface area contributed by atoms with Crippen LogP contribution in [0.25, 0.3) is 0 Å². The van der Waals surface area contributed by atoms with Crippen molar-refractivity contribution in [2.45, 2.75) is 34.9 Å². The van der Waals surface area contributed by atoms with Crippen molar-refractivity contribution in [1.29, 1.82) is 0 Å². The average Bonchev–Trinajstić information content (AvgIpc) is 3.23. The molecule has 0 unspecified atom stereocenters. The first-order chi connectivity index (χ1) is 13.6. The minimum atomic E-state index is -3.48. The van der Waals surface area contributed by atoms with Gasteiger partial charge in [-0.3, -0.25) is 4.79 Å². The molecule has 1 aliphatic heterocycles. The number of amides is 1. The molecule has 1 amide bonds. The molecule has 29 heavy (non-hydrogen) atoms. The number of piperidine rings is 1. The maximum Gasteiger partial charge on any atom is 0.252 e. The number of carbonyl (C=O) groups excluding carboxylic acids is 1. The summed E-state index contributed by atoms with van der Waals surface area (Å²) >= 11 is 1.19. The van der Waals surface area contributed by atoms with Gasteiger partial charge in [-0.1, -0.05) is 18.2 Å². The third-order valence-electron chi connectivity index (χ3n) is 5.08. The zero-order valence-electron chi connectivity index (χ0n) is 16.2.